The summed E-state index contributed by atoms with van der Waals surface area (Å²) in [6.07, 6.45) is 8.52. The van der Waals surface area contributed by atoms with E-state index in [0.29, 0.717) is 25.0 Å². The molecule has 5 aliphatic carbocycles. The molecule has 1 unspecified atom stereocenters. The van der Waals surface area contributed by atoms with Gasteiger partial charge in [-0.3, -0.25) is 4.79 Å². The first-order chi connectivity index (χ1) is 18.4. The molecule has 1 aliphatic heterocycles. The lowest BCUT2D eigenvalue weighted by Crippen LogP contribution is -2.58. The molecule has 9 atom stereocenters. The molecule has 1 aromatic rings. The van der Waals surface area contributed by atoms with E-state index < -0.39 is 6.10 Å². The van der Waals surface area contributed by atoms with Crippen molar-refractivity contribution in [3.8, 4) is 0 Å². The van der Waals surface area contributed by atoms with Gasteiger partial charge >= 0.3 is 0 Å². The quantitative estimate of drug-likeness (QED) is 0.462. The highest BCUT2D eigenvalue weighted by Crippen LogP contribution is 2.90. The first-order valence-corrected chi connectivity index (χ1v) is 15.4. The minimum absolute atomic E-state index is 0.0550. The summed E-state index contributed by atoms with van der Waals surface area (Å²) in [5, 5.41) is 26.2. The van der Waals surface area contributed by atoms with Crippen molar-refractivity contribution in [3.05, 3.63) is 54.0 Å². The number of nitrogens with one attached hydrogen (secondary N) is 1. The van der Waals surface area contributed by atoms with Crippen LogP contribution < -0.4 is 5.32 Å². The van der Waals surface area contributed by atoms with Crippen LogP contribution in [0.5, 0.6) is 0 Å². The molecular formula is C34H46NO4. The fraction of sp³-hybridized carbons (Fsp3) is 0.706. The monoisotopic (exact) mass is 532 g/mol. The van der Waals surface area contributed by atoms with Gasteiger partial charge in [0.05, 0.1) is 12.2 Å². The average Bonchev–Trinajstić information content (AvgIpc) is 3.55. The van der Waals surface area contributed by atoms with E-state index in [2.05, 4.69) is 39.9 Å². The fourth-order valence-corrected chi connectivity index (χ4v) is 11.4. The van der Waals surface area contributed by atoms with Crippen molar-refractivity contribution in [3.63, 3.8) is 0 Å². The second-order valence-corrected chi connectivity index (χ2v) is 15.1. The third-order valence-electron chi connectivity index (χ3n) is 13.6. The van der Waals surface area contributed by atoms with Gasteiger partial charge in [-0.15, -0.1) is 0 Å². The van der Waals surface area contributed by atoms with Gasteiger partial charge in [0, 0.05) is 17.9 Å². The maximum atomic E-state index is 13.2. The Morgan fingerprint density at radius 1 is 1.05 bits per heavy atom. The highest BCUT2D eigenvalue weighted by molar-refractivity contribution is 5.88. The van der Waals surface area contributed by atoms with Gasteiger partial charge in [0.1, 0.15) is 6.10 Å². The van der Waals surface area contributed by atoms with Crippen LogP contribution in [0.1, 0.15) is 91.5 Å². The van der Waals surface area contributed by atoms with Crippen molar-refractivity contribution < 1.29 is 19.7 Å². The van der Waals surface area contributed by atoms with Crippen LogP contribution in [0.4, 0.5) is 0 Å². The summed E-state index contributed by atoms with van der Waals surface area (Å²) >= 11 is 0. The molecule has 211 valence electrons. The summed E-state index contributed by atoms with van der Waals surface area (Å²) in [5.74, 6) is 2.35. The van der Waals surface area contributed by atoms with Gasteiger partial charge in [0.15, 0.2) is 6.10 Å². The van der Waals surface area contributed by atoms with E-state index in [1.54, 1.807) is 5.92 Å². The number of fused-ring (bicyclic) bond motifs is 4. The van der Waals surface area contributed by atoms with Gasteiger partial charge in [-0.1, -0.05) is 65.0 Å². The molecule has 5 heteroatoms. The van der Waals surface area contributed by atoms with Crippen molar-refractivity contribution in [2.45, 2.75) is 105 Å². The molecule has 6 aliphatic rings. The molecule has 1 saturated heterocycles. The number of benzene rings is 1. The maximum Gasteiger partial charge on any atom is 0.256 e. The van der Waals surface area contributed by atoms with Crippen molar-refractivity contribution in [1.82, 2.24) is 5.32 Å². The normalized spacial score (nSPS) is 48.7. The Hall–Kier alpha value is -1.43. The van der Waals surface area contributed by atoms with E-state index in [-0.39, 0.29) is 50.9 Å². The zero-order valence-electron chi connectivity index (χ0n) is 24.3. The highest BCUT2D eigenvalue weighted by Gasteiger charge is 2.85. The van der Waals surface area contributed by atoms with E-state index >= 15 is 0 Å². The summed E-state index contributed by atoms with van der Waals surface area (Å²) in [5.41, 5.74) is 1.03. The molecule has 1 aromatic carbocycles. The molecule has 6 fully saturated rings. The van der Waals surface area contributed by atoms with Crippen LogP contribution in [-0.2, 0) is 16.1 Å². The summed E-state index contributed by atoms with van der Waals surface area (Å²) in [7, 11) is 0. The molecule has 3 N–H and O–H groups in total. The number of hydrogen-bond donors (Lipinski definition) is 3. The van der Waals surface area contributed by atoms with Crippen LogP contribution >= 0.6 is 0 Å². The van der Waals surface area contributed by atoms with Gasteiger partial charge < -0.3 is 20.3 Å². The standard InChI is InChI=1S/C34H46NO4/c1-20-17-22(29(38)35-18-21-9-7-6-8-10-21)39-27-26(20)31(4)15-16-34-19-33(34)14-13-25(36)30(2,3)23(33)11-12-24(34)32(31,5)28(27)37/h6-10,20,23,25-26,28,36-37H,11-19H2,1-5H3,(H,35,38)/t20-,23+,25?,26+,28+,31-,32-,33-,34+/m1/s1. The maximum absolute atomic E-state index is 13.2. The van der Waals surface area contributed by atoms with Crippen molar-refractivity contribution in [2.24, 2.45) is 44.8 Å². The topological polar surface area (TPSA) is 78.8 Å². The molecule has 5 saturated carbocycles. The predicted molar refractivity (Wildman–Crippen MR) is 149 cm³/mol. The SMILES string of the molecule is C[C@@H]1C[C](C(=O)NCc2ccccc2)O[C]2[C@H]1[C@@]1(C)CC[C@@]34C[C@@]35CCC(O)C(C)(C)[C@@H]5CC[C]4[C@]1(C)[C@H]2O. The van der Waals surface area contributed by atoms with E-state index in [0.717, 1.165) is 43.8 Å². The minimum Gasteiger partial charge on any atom is -0.393 e. The van der Waals surface area contributed by atoms with Crippen molar-refractivity contribution in [2.75, 3.05) is 0 Å². The predicted octanol–water partition coefficient (Wildman–Crippen LogP) is 5.76. The molecular weight excluding hydrogens is 486 g/mol. The summed E-state index contributed by atoms with van der Waals surface area (Å²) in [6, 6.07) is 9.94. The number of hydrogen-bond acceptors (Lipinski definition) is 4. The number of aliphatic hydroxyl groups is 2. The zero-order valence-corrected chi connectivity index (χ0v) is 24.3. The van der Waals surface area contributed by atoms with Crippen LogP contribution in [0.25, 0.3) is 0 Å². The Morgan fingerprint density at radius 3 is 2.54 bits per heavy atom. The highest BCUT2D eigenvalue weighted by atomic mass is 16.5. The van der Waals surface area contributed by atoms with E-state index in [9.17, 15) is 15.0 Å². The Balaban J connectivity index is 1.16. The smallest absolute Gasteiger partial charge is 0.256 e. The number of rotatable bonds is 3. The Kier molecular flexibility index (Phi) is 5.65. The second-order valence-electron chi connectivity index (χ2n) is 15.1. The Morgan fingerprint density at radius 2 is 1.79 bits per heavy atom. The van der Waals surface area contributed by atoms with Crippen LogP contribution in [0, 0.1) is 63.0 Å². The van der Waals surface area contributed by atoms with Crippen LogP contribution in [-0.4, -0.2) is 28.3 Å². The minimum atomic E-state index is -0.698. The summed E-state index contributed by atoms with van der Waals surface area (Å²) in [6.45, 7) is 12.0. The number of carbonyl (C=O) groups excluding carboxylic acids is 1. The summed E-state index contributed by atoms with van der Waals surface area (Å²) < 4.78 is 6.47. The molecule has 0 aromatic heterocycles. The van der Waals surface area contributed by atoms with E-state index in [1.807, 2.05) is 30.3 Å². The van der Waals surface area contributed by atoms with E-state index in [4.69, 9.17) is 4.74 Å². The van der Waals surface area contributed by atoms with Crippen LogP contribution in [0.15, 0.2) is 30.3 Å². The molecule has 3 radical (unpaired) electrons. The van der Waals surface area contributed by atoms with Crippen LogP contribution in [0.2, 0.25) is 0 Å². The van der Waals surface area contributed by atoms with Gasteiger partial charge in [-0.2, -0.15) is 0 Å². The van der Waals surface area contributed by atoms with Gasteiger partial charge in [-0.25, -0.2) is 0 Å². The van der Waals surface area contributed by atoms with Crippen molar-refractivity contribution >= 4 is 5.91 Å². The number of ether oxygens (including phenoxy) is 1. The molecule has 1 heterocycles. The fourth-order valence-electron chi connectivity index (χ4n) is 11.4. The Bertz CT molecular complexity index is 1150. The van der Waals surface area contributed by atoms with Gasteiger partial charge in [0.2, 0.25) is 0 Å². The molecule has 1 amide bonds. The molecule has 5 nitrogen and oxygen atoms in total. The molecule has 39 heavy (non-hydrogen) atoms. The lowest BCUT2D eigenvalue weighted by molar-refractivity contribution is -0.130. The van der Waals surface area contributed by atoms with Gasteiger partial charge in [-0.05, 0) is 96.3 Å². The lowest BCUT2D eigenvalue weighted by Gasteiger charge is -2.63. The number of amides is 1. The van der Waals surface area contributed by atoms with E-state index in [1.165, 1.54) is 12.8 Å². The average molecular weight is 533 g/mol. The summed E-state index contributed by atoms with van der Waals surface area (Å²) in [4.78, 5) is 13.2. The first kappa shape index (κ1) is 26.5. The first-order valence-electron chi connectivity index (χ1n) is 15.4. The van der Waals surface area contributed by atoms with Crippen molar-refractivity contribution in [1.29, 1.82) is 0 Å². The van der Waals surface area contributed by atoms with Crippen LogP contribution in [0.3, 0.4) is 0 Å². The lowest BCUT2D eigenvalue weighted by atomic mass is 9.41. The van der Waals surface area contributed by atoms with Gasteiger partial charge in [0.25, 0.3) is 5.91 Å². The Labute approximate surface area is 234 Å². The number of aliphatic hydroxyl groups excluding tert-OH is 2. The molecule has 2 spiro atoms. The second kappa shape index (κ2) is 8.32. The largest absolute Gasteiger partial charge is 0.393 e. The number of carbonyl (C=O) groups is 1. The zero-order chi connectivity index (χ0) is 27.6. The molecule has 0 bridgehead atoms. The molecule has 7 rings (SSSR count). The third-order valence-corrected chi connectivity index (χ3v) is 13.6. The third kappa shape index (κ3) is 3.16.